The van der Waals surface area contributed by atoms with Gasteiger partial charge in [0, 0.05) is 6.04 Å². The van der Waals surface area contributed by atoms with Gasteiger partial charge < -0.3 is 11.1 Å². The van der Waals surface area contributed by atoms with E-state index >= 15 is 0 Å². The number of amides is 1. The van der Waals surface area contributed by atoms with Gasteiger partial charge in [0.05, 0.1) is 6.04 Å². The van der Waals surface area contributed by atoms with Crippen LogP contribution in [-0.4, -0.2) is 18.0 Å². The van der Waals surface area contributed by atoms with E-state index in [0.717, 1.165) is 25.2 Å². The lowest BCUT2D eigenvalue weighted by Crippen LogP contribution is -2.49. The maximum atomic E-state index is 11.8. The molecule has 0 aliphatic heterocycles. The second-order valence-corrected chi connectivity index (χ2v) is 5.41. The van der Waals surface area contributed by atoms with Crippen LogP contribution in [-0.2, 0) is 4.79 Å². The van der Waals surface area contributed by atoms with Gasteiger partial charge in [-0.05, 0) is 37.5 Å². The lowest BCUT2D eigenvalue weighted by molar-refractivity contribution is -0.123. The van der Waals surface area contributed by atoms with Gasteiger partial charge in [0.15, 0.2) is 0 Å². The first-order valence-electron chi connectivity index (χ1n) is 6.60. The molecule has 0 radical (unpaired) electrons. The Kier molecular flexibility index (Phi) is 7.80. The molecule has 4 unspecified atom stereocenters. The highest BCUT2D eigenvalue weighted by Gasteiger charge is 2.27. The minimum Gasteiger partial charge on any atom is -0.352 e. The number of nitrogens with two attached hydrogens (primary N) is 1. The summed E-state index contributed by atoms with van der Waals surface area (Å²) in [5.41, 5.74) is 5.81. The van der Waals surface area contributed by atoms with Gasteiger partial charge in [-0.1, -0.05) is 27.2 Å². The van der Waals surface area contributed by atoms with Crippen LogP contribution in [0.25, 0.3) is 0 Å². The molecule has 0 aromatic carbocycles. The smallest absolute Gasteiger partial charge is 0.237 e. The fourth-order valence-corrected chi connectivity index (χ4v) is 2.61. The van der Waals surface area contributed by atoms with Crippen LogP contribution in [0.15, 0.2) is 0 Å². The summed E-state index contributed by atoms with van der Waals surface area (Å²) >= 11 is 0. The summed E-state index contributed by atoms with van der Waals surface area (Å²) in [4.78, 5) is 11.8. The number of hydrogen-bond donors (Lipinski definition) is 2. The van der Waals surface area contributed by atoms with Crippen LogP contribution in [0.4, 0.5) is 0 Å². The van der Waals surface area contributed by atoms with Crippen LogP contribution in [0.1, 0.15) is 52.9 Å². The summed E-state index contributed by atoms with van der Waals surface area (Å²) in [6.07, 6.45) is 5.29. The predicted octanol–water partition coefficient (Wildman–Crippen LogP) is 2.48. The largest absolute Gasteiger partial charge is 0.352 e. The standard InChI is InChI=1S/C13H26N2O.ClH/c1-4-5-11(14)13(16)15-12-7-6-9(2)8-10(12)3;/h9-12H,4-8,14H2,1-3H3,(H,15,16);1H. The maximum Gasteiger partial charge on any atom is 0.237 e. The van der Waals surface area contributed by atoms with Crippen molar-refractivity contribution in [2.75, 3.05) is 0 Å². The summed E-state index contributed by atoms with van der Waals surface area (Å²) in [7, 11) is 0. The van der Waals surface area contributed by atoms with Crippen LogP contribution >= 0.6 is 12.4 Å². The van der Waals surface area contributed by atoms with Gasteiger partial charge in [0.2, 0.25) is 5.91 Å². The van der Waals surface area contributed by atoms with E-state index in [1.165, 1.54) is 12.8 Å². The third-order valence-electron chi connectivity index (χ3n) is 3.70. The molecule has 1 saturated carbocycles. The van der Waals surface area contributed by atoms with Gasteiger partial charge in [-0.25, -0.2) is 0 Å². The third kappa shape index (κ3) is 5.26. The van der Waals surface area contributed by atoms with Crippen molar-refractivity contribution in [2.24, 2.45) is 17.6 Å². The number of nitrogens with one attached hydrogen (secondary N) is 1. The molecule has 0 spiro atoms. The minimum atomic E-state index is -0.323. The van der Waals surface area contributed by atoms with Crippen molar-refractivity contribution in [3.63, 3.8) is 0 Å². The molecule has 0 bridgehead atoms. The van der Waals surface area contributed by atoms with Crippen molar-refractivity contribution >= 4 is 18.3 Å². The highest BCUT2D eigenvalue weighted by atomic mass is 35.5. The van der Waals surface area contributed by atoms with Gasteiger partial charge in [0.25, 0.3) is 0 Å². The number of halogens is 1. The topological polar surface area (TPSA) is 55.1 Å². The van der Waals surface area contributed by atoms with Crippen molar-refractivity contribution in [1.82, 2.24) is 5.32 Å². The van der Waals surface area contributed by atoms with E-state index in [4.69, 9.17) is 5.73 Å². The molecule has 0 heterocycles. The molecule has 1 fully saturated rings. The van der Waals surface area contributed by atoms with E-state index in [0.29, 0.717) is 12.0 Å². The molecule has 0 aromatic heterocycles. The Hall–Kier alpha value is -0.280. The quantitative estimate of drug-likeness (QED) is 0.818. The molecule has 4 atom stereocenters. The van der Waals surface area contributed by atoms with E-state index in [1.54, 1.807) is 0 Å². The van der Waals surface area contributed by atoms with E-state index < -0.39 is 0 Å². The second kappa shape index (κ2) is 7.93. The predicted molar refractivity (Wildman–Crippen MR) is 74.2 cm³/mol. The first kappa shape index (κ1) is 16.7. The zero-order valence-corrected chi connectivity index (χ0v) is 12.1. The number of carbonyl (C=O) groups is 1. The van der Waals surface area contributed by atoms with Crippen LogP contribution in [0.5, 0.6) is 0 Å². The molecule has 3 nitrogen and oxygen atoms in total. The lowest BCUT2D eigenvalue weighted by Gasteiger charge is -2.33. The average Bonchev–Trinajstić information content (AvgIpc) is 2.22. The Morgan fingerprint density at radius 3 is 2.59 bits per heavy atom. The van der Waals surface area contributed by atoms with Gasteiger partial charge >= 0.3 is 0 Å². The molecular formula is C13H27ClN2O. The molecule has 1 aliphatic carbocycles. The summed E-state index contributed by atoms with van der Waals surface area (Å²) in [6.45, 7) is 6.57. The fraction of sp³-hybridized carbons (Fsp3) is 0.923. The minimum absolute atomic E-state index is 0. The van der Waals surface area contributed by atoms with Gasteiger partial charge in [-0.15, -0.1) is 12.4 Å². The zero-order valence-electron chi connectivity index (χ0n) is 11.2. The monoisotopic (exact) mass is 262 g/mol. The number of carbonyl (C=O) groups excluding carboxylic acids is 1. The van der Waals surface area contributed by atoms with Crippen molar-refractivity contribution in [3.05, 3.63) is 0 Å². The molecule has 0 aromatic rings. The number of hydrogen-bond acceptors (Lipinski definition) is 2. The van der Waals surface area contributed by atoms with Crippen molar-refractivity contribution in [2.45, 2.75) is 65.0 Å². The lowest BCUT2D eigenvalue weighted by atomic mass is 9.80. The van der Waals surface area contributed by atoms with Crippen LogP contribution in [0.3, 0.4) is 0 Å². The van der Waals surface area contributed by atoms with E-state index in [2.05, 4.69) is 26.1 Å². The van der Waals surface area contributed by atoms with Crippen molar-refractivity contribution < 1.29 is 4.79 Å². The average molecular weight is 263 g/mol. The second-order valence-electron chi connectivity index (χ2n) is 5.41. The Labute approximate surface area is 111 Å². The van der Waals surface area contributed by atoms with Crippen LogP contribution in [0, 0.1) is 11.8 Å². The van der Waals surface area contributed by atoms with Crippen molar-refractivity contribution in [1.29, 1.82) is 0 Å². The van der Waals surface area contributed by atoms with Gasteiger partial charge in [0.1, 0.15) is 0 Å². The Balaban J connectivity index is 0.00000256. The first-order valence-corrected chi connectivity index (χ1v) is 6.60. The number of rotatable bonds is 4. The SMILES string of the molecule is CCCC(N)C(=O)NC1CCC(C)CC1C.Cl. The molecule has 17 heavy (non-hydrogen) atoms. The molecule has 3 N–H and O–H groups in total. The van der Waals surface area contributed by atoms with E-state index in [9.17, 15) is 4.79 Å². The summed E-state index contributed by atoms with van der Waals surface area (Å²) in [6, 6.07) is 0.0168. The maximum absolute atomic E-state index is 11.8. The van der Waals surface area contributed by atoms with Crippen LogP contribution < -0.4 is 11.1 Å². The Bertz CT molecular complexity index is 235. The Morgan fingerprint density at radius 1 is 1.41 bits per heavy atom. The summed E-state index contributed by atoms with van der Waals surface area (Å²) in [5, 5.41) is 3.11. The first-order chi connectivity index (χ1) is 7.54. The van der Waals surface area contributed by atoms with Gasteiger partial charge in [-0.2, -0.15) is 0 Å². The molecular weight excluding hydrogens is 236 g/mol. The van der Waals surface area contributed by atoms with E-state index in [1.807, 2.05) is 0 Å². The summed E-state index contributed by atoms with van der Waals surface area (Å²) in [5.74, 6) is 1.42. The Morgan fingerprint density at radius 2 is 2.06 bits per heavy atom. The van der Waals surface area contributed by atoms with Crippen molar-refractivity contribution in [3.8, 4) is 0 Å². The molecule has 1 aliphatic rings. The van der Waals surface area contributed by atoms with Gasteiger partial charge in [-0.3, -0.25) is 4.79 Å². The highest BCUT2D eigenvalue weighted by Crippen LogP contribution is 2.28. The fourth-order valence-electron chi connectivity index (χ4n) is 2.61. The molecule has 4 heteroatoms. The molecule has 102 valence electrons. The third-order valence-corrected chi connectivity index (χ3v) is 3.70. The molecule has 1 rings (SSSR count). The molecule has 1 amide bonds. The normalized spacial score (nSPS) is 30.2. The summed E-state index contributed by atoms with van der Waals surface area (Å²) < 4.78 is 0. The molecule has 0 saturated heterocycles. The van der Waals surface area contributed by atoms with Crippen LogP contribution in [0.2, 0.25) is 0 Å². The highest BCUT2D eigenvalue weighted by molar-refractivity contribution is 5.85. The zero-order chi connectivity index (χ0) is 12.1. The van der Waals surface area contributed by atoms with E-state index in [-0.39, 0.29) is 24.4 Å².